The van der Waals surface area contributed by atoms with Crippen LogP contribution in [0, 0.1) is 0 Å². The molecule has 1 N–H and O–H groups in total. The third kappa shape index (κ3) is 3.36. The SMILES string of the molecule is CC(C)(C)OC(=O)N1C=CNCC1. The molecule has 0 saturated carbocycles. The zero-order valence-electron chi connectivity index (χ0n) is 8.33. The fraction of sp³-hybridized carbons (Fsp3) is 0.667. The predicted molar refractivity (Wildman–Crippen MR) is 50.1 cm³/mol. The maximum absolute atomic E-state index is 11.4. The van der Waals surface area contributed by atoms with Crippen molar-refractivity contribution >= 4 is 6.09 Å². The summed E-state index contributed by atoms with van der Waals surface area (Å²) in [6.45, 7) is 7.01. The molecule has 0 aromatic rings. The van der Waals surface area contributed by atoms with Crippen LogP contribution in [0.1, 0.15) is 20.8 Å². The summed E-state index contributed by atoms with van der Waals surface area (Å²) in [4.78, 5) is 13.0. The molecule has 74 valence electrons. The summed E-state index contributed by atoms with van der Waals surface area (Å²) in [5.74, 6) is 0. The number of hydrogen-bond donors (Lipinski definition) is 1. The molecule has 1 amide bonds. The second kappa shape index (κ2) is 3.68. The van der Waals surface area contributed by atoms with Crippen molar-refractivity contribution < 1.29 is 9.53 Å². The Morgan fingerprint density at radius 1 is 1.54 bits per heavy atom. The first-order valence-electron chi connectivity index (χ1n) is 4.39. The van der Waals surface area contributed by atoms with Gasteiger partial charge < -0.3 is 10.1 Å². The second-order valence-corrected chi connectivity index (χ2v) is 3.94. The molecule has 4 nitrogen and oxygen atoms in total. The van der Waals surface area contributed by atoms with Crippen LogP contribution in [0.15, 0.2) is 12.4 Å². The van der Waals surface area contributed by atoms with Gasteiger partial charge in [-0.3, -0.25) is 4.90 Å². The van der Waals surface area contributed by atoms with Crippen LogP contribution in [0.25, 0.3) is 0 Å². The maximum atomic E-state index is 11.4. The molecule has 0 atom stereocenters. The summed E-state index contributed by atoms with van der Waals surface area (Å²) in [6, 6.07) is 0. The third-order valence-electron chi connectivity index (χ3n) is 1.50. The number of carbonyl (C=O) groups excluding carboxylic acids is 1. The molecule has 0 aliphatic carbocycles. The summed E-state index contributed by atoms with van der Waals surface area (Å²) in [5, 5.41) is 3.00. The molecule has 0 radical (unpaired) electrons. The Morgan fingerprint density at radius 2 is 2.23 bits per heavy atom. The maximum Gasteiger partial charge on any atom is 0.414 e. The first-order valence-corrected chi connectivity index (χ1v) is 4.39. The summed E-state index contributed by atoms with van der Waals surface area (Å²) >= 11 is 0. The van der Waals surface area contributed by atoms with E-state index in [1.807, 2.05) is 20.8 Å². The van der Waals surface area contributed by atoms with E-state index in [-0.39, 0.29) is 6.09 Å². The van der Waals surface area contributed by atoms with Gasteiger partial charge in [0.05, 0.1) is 0 Å². The highest BCUT2D eigenvalue weighted by Crippen LogP contribution is 2.10. The molecule has 0 saturated heterocycles. The van der Waals surface area contributed by atoms with Gasteiger partial charge >= 0.3 is 6.09 Å². The van der Waals surface area contributed by atoms with E-state index in [0.29, 0.717) is 6.54 Å². The largest absolute Gasteiger partial charge is 0.443 e. The highest BCUT2D eigenvalue weighted by molar-refractivity contribution is 5.69. The lowest BCUT2D eigenvalue weighted by molar-refractivity contribution is 0.0330. The van der Waals surface area contributed by atoms with Crippen molar-refractivity contribution in [3.8, 4) is 0 Å². The van der Waals surface area contributed by atoms with Crippen molar-refractivity contribution in [1.29, 1.82) is 0 Å². The molecule has 1 heterocycles. The van der Waals surface area contributed by atoms with Crippen molar-refractivity contribution in [2.45, 2.75) is 26.4 Å². The molecule has 0 fully saturated rings. The number of rotatable bonds is 0. The van der Waals surface area contributed by atoms with Gasteiger partial charge in [-0.2, -0.15) is 0 Å². The molecule has 0 aromatic carbocycles. The molecule has 0 bridgehead atoms. The van der Waals surface area contributed by atoms with E-state index >= 15 is 0 Å². The number of nitrogens with zero attached hydrogens (tertiary/aromatic N) is 1. The summed E-state index contributed by atoms with van der Waals surface area (Å²) in [6.07, 6.45) is 3.15. The normalized spacial score (nSPS) is 16.7. The Bertz CT molecular complexity index is 218. The molecular weight excluding hydrogens is 168 g/mol. The highest BCUT2D eigenvalue weighted by atomic mass is 16.6. The Hall–Kier alpha value is -1.19. The van der Waals surface area contributed by atoms with Crippen LogP contribution < -0.4 is 5.32 Å². The molecule has 4 heteroatoms. The van der Waals surface area contributed by atoms with Gasteiger partial charge in [0.15, 0.2) is 0 Å². The standard InChI is InChI=1S/C9H16N2O2/c1-9(2,3)13-8(12)11-6-4-10-5-7-11/h4,6,10H,5,7H2,1-3H3. The van der Waals surface area contributed by atoms with Gasteiger partial charge in [-0.25, -0.2) is 4.79 Å². The van der Waals surface area contributed by atoms with E-state index in [9.17, 15) is 4.79 Å². The highest BCUT2D eigenvalue weighted by Gasteiger charge is 2.21. The Morgan fingerprint density at radius 3 is 2.69 bits per heavy atom. The smallest absolute Gasteiger partial charge is 0.414 e. The average molecular weight is 184 g/mol. The van der Waals surface area contributed by atoms with Crippen LogP contribution in [-0.2, 0) is 4.74 Å². The van der Waals surface area contributed by atoms with E-state index in [4.69, 9.17) is 4.74 Å². The summed E-state index contributed by atoms with van der Waals surface area (Å²) in [5.41, 5.74) is -0.421. The van der Waals surface area contributed by atoms with E-state index < -0.39 is 5.60 Å². The second-order valence-electron chi connectivity index (χ2n) is 3.94. The quantitative estimate of drug-likeness (QED) is 0.617. The van der Waals surface area contributed by atoms with E-state index in [0.717, 1.165) is 6.54 Å². The van der Waals surface area contributed by atoms with Crippen LogP contribution in [0.4, 0.5) is 4.79 Å². The van der Waals surface area contributed by atoms with Gasteiger partial charge in [-0.1, -0.05) is 0 Å². The van der Waals surface area contributed by atoms with Crippen molar-refractivity contribution in [3.05, 3.63) is 12.4 Å². The first kappa shape index (κ1) is 9.89. The lowest BCUT2D eigenvalue weighted by Crippen LogP contribution is -2.39. The minimum atomic E-state index is -0.421. The van der Waals surface area contributed by atoms with Crippen molar-refractivity contribution in [3.63, 3.8) is 0 Å². The zero-order valence-corrected chi connectivity index (χ0v) is 8.33. The lowest BCUT2D eigenvalue weighted by atomic mass is 10.2. The van der Waals surface area contributed by atoms with Crippen molar-refractivity contribution in [2.75, 3.05) is 13.1 Å². The Kier molecular flexibility index (Phi) is 2.80. The van der Waals surface area contributed by atoms with Gasteiger partial charge in [0, 0.05) is 25.5 Å². The van der Waals surface area contributed by atoms with Gasteiger partial charge in [-0.15, -0.1) is 0 Å². The number of nitrogens with one attached hydrogen (secondary N) is 1. The average Bonchev–Trinajstić information content (AvgIpc) is 2.03. The van der Waals surface area contributed by atoms with E-state index in [2.05, 4.69) is 5.32 Å². The van der Waals surface area contributed by atoms with E-state index in [1.54, 1.807) is 17.3 Å². The molecule has 1 rings (SSSR count). The Labute approximate surface area is 78.5 Å². The van der Waals surface area contributed by atoms with E-state index in [1.165, 1.54) is 0 Å². The number of carbonyl (C=O) groups is 1. The Balaban J connectivity index is 2.47. The molecule has 13 heavy (non-hydrogen) atoms. The van der Waals surface area contributed by atoms with Crippen LogP contribution in [0.3, 0.4) is 0 Å². The third-order valence-corrected chi connectivity index (χ3v) is 1.50. The molecule has 1 aliphatic rings. The molecule has 0 aromatic heterocycles. The summed E-state index contributed by atoms with van der Waals surface area (Å²) < 4.78 is 5.19. The van der Waals surface area contributed by atoms with Gasteiger partial charge in [0.25, 0.3) is 0 Å². The van der Waals surface area contributed by atoms with Gasteiger partial charge in [0.1, 0.15) is 5.60 Å². The zero-order chi connectivity index (χ0) is 9.90. The van der Waals surface area contributed by atoms with Gasteiger partial charge in [-0.05, 0) is 20.8 Å². The fourth-order valence-electron chi connectivity index (χ4n) is 0.958. The number of amides is 1. The monoisotopic (exact) mass is 184 g/mol. The molecular formula is C9H16N2O2. The lowest BCUT2D eigenvalue weighted by Gasteiger charge is -2.26. The predicted octanol–water partition coefficient (Wildman–Crippen LogP) is 1.30. The molecule has 0 spiro atoms. The van der Waals surface area contributed by atoms with Crippen LogP contribution in [-0.4, -0.2) is 29.7 Å². The molecule has 1 aliphatic heterocycles. The van der Waals surface area contributed by atoms with Gasteiger partial charge in [0.2, 0.25) is 0 Å². The van der Waals surface area contributed by atoms with Crippen LogP contribution in [0.2, 0.25) is 0 Å². The molecule has 0 unspecified atom stereocenters. The minimum absolute atomic E-state index is 0.287. The van der Waals surface area contributed by atoms with Crippen molar-refractivity contribution in [1.82, 2.24) is 10.2 Å². The minimum Gasteiger partial charge on any atom is -0.443 e. The number of ether oxygens (including phenoxy) is 1. The first-order chi connectivity index (χ1) is 5.99. The fourth-order valence-corrected chi connectivity index (χ4v) is 0.958. The summed E-state index contributed by atoms with van der Waals surface area (Å²) in [7, 11) is 0. The number of hydrogen-bond acceptors (Lipinski definition) is 3. The topological polar surface area (TPSA) is 41.6 Å². The van der Waals surface area contributed by atoms with Crippen molar-refractivity contribution in [2.24, 2.45) is 0 Å². The van der Waals surface area contributed by atoms with Crippen LogP contribution >= 0.6 is 0 Å². The van der Waals surface area contributed by atoms with Crippen LogP contribution in [0.5, 0.6) is 0 Å².